The van der Waals surface area contributed by atoms with Gasteiger partial charge in [0.2, 0.25) is 0 Å². The number of ether oxygens (including phenoxy) is 1. The Morgan fingerprint density at radius 2 is 2.25 bits per heavy atom. The van der Waals surface area contributed by atoms with Crippen molar-refractivity contribution >= 4 is 0 Å². The van der Waals surface area contributed by atoms with Crippen molar-refractivity contribution in [3.63, 3.8) is 0 Å². The van der Waals surface area contributed by atoms with E-state index in [9.17, 15) is 0 Å². The SMILES string of the molecule is CCCc1nc(CC2CCCCO2)nc2c1CCNC2. The minimum Gasteiger partial charge on any atom is -0.378 e. The number of nitrogens with one attached hydrogen (secondary N) is 1. The molecule has 0 amide bonds. The summed E-state index contributed by atoms with van der Waals surface area (Å²) in [5.41, 5.74) is 3.91. The predicted molar refractivity (Wildman–Crippen MR) is 78.7 cm³/mol. The zero-order chi connectivity index (χ0) is 13.8. The Kier molecular flexibility index (Phi) is 4.63. The van der Waals surface area contributed by atoms with Crippen molar-refractivity contribution in [2.75, 3.05) is 13.2 Å². The van der Waals surface area contributed by atoms with Gasteiger partial charge in [0.1, 0.15) is 5.82 Å². The highest BCUT2D eigenvalue weighted by atomic mass is 16.5. The maximum Gasteiger partial charge on any atom is 0.131 e. The average Bonchev–Trinajstić information content (AvgIpc) is 2.49. The second kappa shape index (κ2) is 6.64. The molecule has 3 rings (SSSR count). The topological polar surface area (TPSA) is 47.0 Å². The van der Waals surface area contributed by atoms with Crippen LogP contribution < -0.4 is 5.32 Å². The first-order valence-corrected chi connectivity index (χ1v) is 8.06. The number of hydrogen-bond donors (Lipinski definition) is 1. The summed E-state index contributed by atoms with van der Waals surface area (Å²) in [5, 5.41) is 3.42. The Morgan fingerprint density at radius 1 is 1.30 bits per heavy atom. The number of nitrogens with zero attached hydrogens (tertiary/aromatic N) is 2. The number of rotatable bonds is 4. The Hall–Kier alpha value is -1.00. The molecule has 2 aliphatic heterocycles. The molecule has 0 aliphatic carbocycles. The van der Waals surface area contributed by atoms with Crippen LogP contribution in [-0.2, 0) is 30.5 Å². The Labute approximate surface area is 121 Å². The Balaban J connectivity index is 1.81. The van der Waals surface area contributed by atoms with Gasteiger partial charge in [0.05, 0.1) is 11.8 Å². The standard InChI is InChI=1S/C16H25N3O/c1-2-5-14-13-7-8-17-11-15(13)19-16(18-14)10-12-6-3-4-9-20-12/h12,17H,2-11H2,1H3. The molecule has 0 saturated carbocycles. The first kappa shape index (κ1) is 14.0. The molecule has 0 aromatic carbocycles. The molecule has 1 atom stereocenters. The molecule has 0 spiro atoms. The van der Waals surface area contributed by atoms with Crippen LogP contribution in [-0.4, -0.2) is 29.2 Å². The van der Waals surface area contributed by atoms with Gasteiger partial charge < -0.3 is 10.1 Å². The molecule has 1 fully saturated rings. The molecular weight excluding hydrogens is 250 g/mol. The quantitative estimate of drug-likeness (QED) is 0.915. The van der Waals surface area contributed by atoms with E-state index in [1.165, 1.54) is 29.8 Å². The summed E-state index contributed by atoms with van der Waals surface area (Å²) in [6, 6.07) is 0. The number of aryl methyl sites for hydroxylation is 1. The van der Waals surface area contributed by atoms with E-state index in [0.29, 0.717) is 6.10 Å². The predicted octanol–water partition coefficient (Wildman–Crippen LogP) is 2.19. The van der Waals surface area contributed by atoms with Crippen LogP contribution in [0.3, 0.4) is 0 Å². The third-order valence-electron chi connectivity index (χ3n) is 4.24. The highest BCUT2D eigenvalue weighted by Gasteiger charge is 2.20. The number of fused-ring (bicyclic) bond motifs is 1. The van der Waals surface area contributed by atoms with Crippen LogP contribution in [0.15, 0.2) is 0 Å². The van der Waals surface area contributed by atoms with Crippen LogP contribution >= 0.6 is 0 Å². The molecular formula is C16H25N3O. The van der Waals surface area contributed by atoms with Gasteiger partial charge in [-0.05, 0) is 44.2 Å². The molecule has 110 valence electrons. The van der Waals surface area contributed by atoms with Crippen LogP contribution in [0, 0.1) is 0 Å². The van der Waals surface area contributed by atoms with Gasteiger partial charge in [0.15, 0.2) is 0 Å². The van der Waals surface area contributed by atoms with Gasteiger partial charge in [-0.2, -0.15) is 0 Å². The first-order chi connectivity index (χ1) is 9.86. The molecule has 1 aromatic heterocycles. The second-order valence-corrected chi connectivity index (χ2v) is 5.88. The van der Waals surface area contributed by atoms with Gasteiger partial charge in [0, 0.05) is 25.3 Å². The van der Waals surface area contributed by atoms with Gasteiger partial charge in [0.25, 0.3) is 0 Å². The summed E-state index contributed by atoms with van der Waals surface area (Å²) in [6.07, 6.45) is 8.13. The lowest BCUT2D eigenvalue weighted by Crippen LogP contribution is -2.28. The van der Waals surface area contributed by atoms with Crippen molar-refractivity contribution in [3.8, 4) is 0 Å². The molecule has 1 aromatic rings. The fourth-order valence-corrected chi connectivity index (χ4v) is 3.20. The molecule has 20 heavy (non-hydrogen) atoms. The molecule has 4 nitrogen and oxygen atoms in total. The van der Waals surface area contributed by atoms with E-state index in [1.807, 2.05) is 0 Å². The van der Waals surface area contributed by atoms with E-state index in [4.69, 9.17) is 14.7 Å². The summed E-state index contributed by atoms with van der Waals surface area (Å²) in [7, 11) is 0. The normalized spacial score (nSPS) is 22.6. The lowest BCUT2D eigenvalue weighted by molar-refractivity contribution is 0.0155. The monoisotopic (exact) mass is 275 g/mol. The van der Waals surface area contributed by atoms with Crippen molar-refractivity contribution in [1.29, 1.82) is 0 Å². The largest absolute Gasteiger partial charge is 0.378 e. The lowest BCUT2D eigenvalue weighted by atomic mass is 10.0. The van der Waals surface area contributed by atoms with Gasteiger partial charge in [-0.25, -0.2) is 9.97 Å². The van der Waals surface area contributed by atoms with Crippen LogP contribution in [0.1, 0.15) is 55.4 Å². The van der Waals surface area contributed by atoms with Gasteiger partial charge in [-0.3, -0.25) is 0 Å². The van der Waals surface area contributed by atoms with Gasteiger partial charge in [-0.1, -0.05) is 13.3 Å². The van der Waals surface area contributed by atoms with E-state index < -0.39 is 0 Å². The third-order valence-corrected chi connectivity index (χ3v) is 4.24. The summed E-state index contributed by atoms with van der Waals surface area (Å²) in [6.45, 7) is 5.07. The van der Waals surface area contributed by atoms with Gasteiger partial charge in [-0.15, -0.1) is 0 Å². The molecule has 3 heterocycles. The highest BCUT2D eigenvalue weighted by molar-refractivity contribution is 5.28. The van der Waals surface area contributed by atoms with Crippen molar-refractivity contribution in [3.05, 3.63) is 22.8 Å². The number of hydrogen-bond acceptors (Lipinski definition) is 4. The Morgan fingerprint density at radius 3 is 3.05 bits per heavy atom. The van der Waals surface area contributed by atoms with Crippen LogP contribution in [0.25, 0.3) is 0 Å². The van der Waals surface area contributed by atoms with Crippen molar-refractivity contribution in [2.24, 2.45) is 0 Å². The van der Waals surface area contributed by atoms with E-state index in [0.717, 1.165) is 57.6 Å². The van der Waals surface area contributed by atoms with Crippen LogP contribution in [0.2, 0.25) is 0 Å². The lowest BCUT2D eigenvalue weighted by Gasteiger charge is -2.24. The average molecular weight is 275 g/mol. The van der Waals surface area contributed by atoms with E-state index in [-0.39, 0.29) is 0 Å². The molecule has 2 aliphatic rings. The van der Waals surface area contributed by atoms with E-state index in [1.54, 1.807) is 0 Å². The summed E-state index contributed by atoms with van der Waals surface area (Å²) in [5.74, 6) is 0.989. The van der Waals surface area contributed by atoms with Gasteiger partial charge >= 0.3 is 0 Å². The zero-order valence-corrected chi connectivity index (χ0v) is 12.5. The summed E-state index contributed by atoms with van der Waals surface area (Å²) < 4.78 is 5.83. The first-order valence-electron chi connectivity index (χ1n) is 8.06. The van der Waals surface area contributed by atoms with Crippen molar-refractivity contribution < 1.29 is 4.74 Å². The summed E-state index contributed by atoms with van der Waals surface area (Å²) >= 11 is 0. The fraction of sp³-hybridized carbons (Fsp3) is 0.750. The maximum atomic E-state index is 5.83. The maximum absolute atomic E-state index is 5.83. The molecule has 1 N–H and O–H groups in total. The molecule has 0 bridgehead atoms. The molecule has 0 radical (unpaired) electrons. The second-order valence-electron chi connectivity index (χ2n) is 5.88. The van der Waals surface area contributed by atoms with Crippen LogP contribution in [0.4, 0.5) is 0 Å². The van der Waals surface area contributed by atoms with E-state index in [2.05, 4.69) is 12.2 Å². The smallest absolute Gasteiger partial charge is 0.131 e. The minimum absolute atomic E-state index is 0.327. The van der Waals surface area contributed by atoms with Crippen LogP contribution in [0.5, 0.6) is 0 Å². The Bertz CT molecular complexity index is 455. The molecule has 1 saturated heterocycles. The minimum atomic E-state index is 0.327. The fourth-order valence-electron chi connectivity index (χ4n) is 3.20. The third kappa shape index (κ3) is 3.18. The van der Waals surface area contributed by atoms with E-state index >= 15 is 0 Å². The molecule has 1 unspecified atom stereocenters. The summed E-state index contributed by atoms with van der Waals surface area (Å²) in [4.78, 5) is 9.65. The highest BCUT2D eigenvalue weighted by Crippen LogP contribution is 2.20. The zero-order valence-electron chi connectivity index (χ0n) is 12.5. The molecule has 4 heteroatoms. The number of aromatic nitrogens is 2. The van der Waals surface area contributed by atoms with Crippen molar-refractivity contribution in [2.45, 2.75) is 64.5 Å². The van der Waals surface area contributed by atoms with Crippen molar-refractivity contribution in [1.82, 2.24) is 15.3 Å².